The number of hydrogen-bond donors (Lipinski definition) is 2. The number of benzene rings is 2. The molecule has 6 heteroatoms. The predicted molar refractivity (Wildman–Crippen MR) is 90.7 cm³/mol. The van der Waals surface area contributed by atoms with Crippen LogP contribution in [0.25, 0.3) is 11.3 Å². The molecule has 0 saturated carbocycles. The zero-order valence-corrected chi connectivity index (χ0v) is 13.7. The Bertz CT molecular complexity index is 928. The van der Waals surface area contributed by atoms with E-state index in [4.69, 9.17) is 0 Å². The summed E-state index contributed by atoms with van der Waals surface area (Å²) in [7, 11) is -3.64. The van der Waals surface area contributed by atoms with Gasteiger partial charge in [-0.3, -0.25) is 9.82 Å². The quantitative estimate of drug-likeness (QED) is 0.770. The van der Waals surface area contributed by atoms with E-state index in [-0.39, 0.29) is 10.7 Å². The van der Waals surface area contributed by atoms with Crippen LogP contribution in [0.4, 0.5) is 5.82 Å². The number of aromatic nitrogens is 2. The molecule has 23 heavy (non-hydrogen) atoms. The molecule has 0 aliphatic carbocycles. The molecule has 3 aromatic rings. The van der Waals surface area contributed by atoms with Gasteiger partial charge < -0.3 is 0 Å². The van der Waals surface area contributed by atoms with Gasteiger partial charge in [-0.2, -0.15) is 5.10 Å². The first-order chi connectivity index (χ1) is 11.0. The minimum atomic E-state index is -3.64. The van der Waals surface area contributed by atoms with Crippen LogP contribution in [0.15, 0.2) is 59.5 Å². The summed E-state index contributed by atoms with van der Waals surface area (Å²) in [5, 5.41) is 6.92. The molecular formula is C17H17N3O2S. The normalized spacial score (nSPS) is 11.4. The molecule has 0 radical (unpaired) electrons. The first-order valence-electron chi connectivity index (χ1n) is 7.16. The Balaban J connectivity index is 1.87. The van der Waals surface area contributed by atoms with E-state index < -0.39 is 10.0 Å². The fourth-order valence-electron chi connectivity index (χ4n) is 2.30. The van der Waals surface area contributed by atoms with E-state index in [9.17, 15) is 8.42 Å². The number of nitrogens with zero attached hydrogens (tertiary/aromatic N) is 1. The lowest BCUT2D eigenvalue weighted by atomic mass is 10.1. The third kappa shape index (κ3) is 3.27. The van der Waals surface area contributed by atoms with Gasteiger partial charge in [0.05, 0.1) is 10.6 Å². The van der Waals surface area contributed by atoms with Gasteiger partial charge in [0.2, 0.25) is 0 Å². The van der Waals surface area contributed by atoms with E-state index in [0.29, 0.717) is 0 Å². The molecule has 0 spiro atoms. The van der Waals surface area contributed by atoms with Gasteiger partial charge in [0.25, 0.3) is 10.0 Å². The summed E-state index contributed by atoms with van der Waals surface area (Å²) in [4.78, 5) is 0.212. The van der Waals surface area contributed by atoms with Crippen molar-refractivity contribution in [2.75, 3.05) is 4.72 Å². The van der Waals surface area contributed by atoms with Crippen LogP contribution in [0.2, 0.25) is 0 Å². The van der Waals surface area contributed by atoms with Crippen molar-refractivity contribution < 1.29 is 8.42 Å². The molecule has 5 nitrogen and oxygen atoms in total. The third-order valence-electron chi connectivity index (χ3n) is 3.58. The van der Waals surface area contributed by atoms with Gasteiger partial charge >= 0.3 is 0 Å². The molecule has 1 heterocycles. The SMILES string of the molecule is Cc1ccc(S(=O)(=O)Nc2cc(-c3ccccc3C)[nH]n2)cc1. The molecule has 0 amide bonds. The number of aromatic amines is 1. The third-order valence-corrected chi connectivity index (χ3v) is 4.95. The summed E-state index contributed by atoms with van der Waals surface area (Å²) < 4.78 is 27.2. The number of aryl methyl sites for hydroxylation is 2. The number of rotatable bonds is 4. The minimum Gasteiger partial charge on any atom is -0.276 e. The summed E-state index contributed by atoms with van der Waals surface area (Å²) in [6, 6.07) is 16.2. The summed E-state index contributed by atoms with van der Waals surface area (Å²) in [5.74, 6) is 0.267. The van der Waals surface area contributed by atoms with Crippen molar-refractivity contribution in [3.05, 3.63) is 65.7 Å². The Hall–Kier alpha value is -2.60. The predicted octanol–water partition coefficient (Wildman–Crippen LogP) is 3.49. The van der Waals surface area contributed by atoms with Crippen LogP contribution in [-0.2, 0) is 10.0 Å². The van der Waals surface area contributed by atoms with Gasteiger partial charge in [-0.25, -0.2) is 8.42 Å². The molecule has 3 rings (SSSR count). The zero-order valence-electron chi connectivity index (χ0n) is 12.9. The second kappa shape index (κ2) is 5.89. The van der Waals surface area contributed by atoms with E-state index in [1.165, 1.54) is 0 Å². The Morgan fingerprint density at radius 3 is 2.39 bits per heavy atom. The van der Waals surface area contributed by atoms with Crippen LogP contribution < -0.4 is 4.72 Å². The van der Waals surface area contributed by atoms with Gasteiger partial charge in [-0.1, -0.05) is 42.0 Å². The molecule has 0 unspecified atom stereocenters. The highest BCUT2D eigenvalue weighted by atomic mass is 32.2. The zero-order chi connectivity index (χ0) is 16.4. The number of H-pyrrole nitrogens is 1. The summed E-state index contributed by atoms with van der Waals surface area (Å²) >= 11 is 0. The summed E-state index contributed by atoms with van der Waals surface area (Å²) in [6.07, 6.45) is 0. The lowest BCUT2D eigenvalue weighted by molar-refractivity contribution is 0.601. The van der Waals surface area contributed by atoms with Crippen LogP contribution in [0.1, 0.15) is 11.1 Å². The molecule has 0 aliphatic rings. The van der Waals surface area contributed by atoms with E-state index in [2.05, 4.69) is 14.9 Å². The fourth-order valence-corrected chi connectivity index (χ4v) is 3.29. The molecule has 0 bridgehead atoms. The maximum Gasteiger partial charge on any atom is 0.263 e. The second-order valence-electron chi connectivity index (χ2n) is 5.40. The first kappa shape index (κ1) is 15.3. The topological polar surface area (TPSA) is 74.8 Å². The molecule has 2 aromatic carbocycles. The van der Waals surface area contributed by atoms with Gasteiger partial charge in [0, 0.05) is 11.6 Å². The molecule has 2 N–H and O–H groups in total. The molecule has 0 fully saturated rings. The highest BCUT2D eigenvalue weighted by Crippen LogP contribution is 2.24. The average molecular weight is 327 g/mol. The minimum absolute atomic E-state index is 0.212. The number of hydrogen-bond acceptors (Lipinski definition) is 3. The van der Waals surface area contributed by atoms with Crippen molar-refractivity contribution in [2.24, 2.45) is 0 Å². The second-order valence-corrected chi connectivity index (χ2v) is 7.08. The van der Waals surface area contributed by atoms with Crippen molar-refractivity contribution in [1.82, 2.24) is 10.2 Å². The van der Waals surface area contributed by atoms with Crippen LogP contribution >= 0.6 is 0 Å². The van der Waals surface area contributed by atoms with E-state index in [1.54, 1.807) is 30.3 Å². The van der Waals surface area contributed by atoms with Gasteiger partial charge in [0.15, 0.2) is 5.82 Å². The lowest BCUT2D eigenvalue weighted by Crippen LogP contribution is -2.13. The van der Waals surface area contributed by atoms with Crippen LogP contribution in [0.5, 0.6) is 0 Å². The number of sulfonamides is 1. The Kier molecular flexibility index (Phi) is 3.92. The fraction of sp³-hybridized carbons (Fsp3) is 0.118. The van der Waals surface area contributed by atoms with Crippen molar-refractivity contribution >= 4 is 15.8 Å². The first-order valence-corrected chi connectivity index (χ1v) is 8.65. The van der Waals surface area contributed by atoms with Gasteiger partial charge in [-0.15, -0.1) is 0 Å². The van der Waals surface area contributed by atoms with Crippen molar-refractivity contribution in [3.63, 3.8) is 0 Å². The maximum absolute atomic E-state index is 12.4. The van der Waals surface area contributed by atoms with Crippen molar-refractivity contribution in [3.8, 4) is 11.3 Å². The Labute approximate surface area is 135 Å². The molecule has 1 aromatic heterocycles. The molecule has 0 saturated heterocycles. The van der Waals surface area contributed by atoms with Crippen LogP contribution in [0.3, 0.4) is 0 Å². The van der Waals surface area contributed by atoms with Crippen molar-refractivity contribution in [1.29, 1.82) is 0 Å². The van der Waals surface area contributed by atoms with E-state index in [0.717, 1.165) is 22.4 Å². The van der Waals surface area contributed by atoms with Crippen LogP contribution in [-0.4, -0.2) is 18.6 Å². The summed E-state index contributed by atoms with van der Waals surface area (Å²) in [6.45, 7) is 3.90. The maximum atomic E-state index is 12.4. The van der Waals surface area contributed by atoms with Crippen LogP contribution in [0, 0.1) is 13.8 Å². The highest BCUT2D eigenvalue weighted by molar-refractivity contribution is 7.92. The van der Waals surface area contributed by atoms with E-state index in [1.807, 2.05) is 38.1 Å². The average Bonchev–Trinajstić information content (AvgIpc) is 2.95. The van der Waals surface area contributed by atoms with E-state index >= 15 is 0 Å². The Morgan fingerprint density at radius 2 is 1.70 bits per heavy atom. The molecular weight excluding hydrogens is 310 g/mol. The smallest absolute Gasteiger partial charge is 0.263 e. The monoisotopic (exact) mass is 327 g/mol. The molecule has 0 atom stereocenters. The highest BCUT2D eigenvalue weighted by Gasteiger charge is 2.16. The molecule has 0 aliphatic heterocycles. The number of nitrogens with one attached hydrogen (secondary N) is 2. The lowest BCUT2D eigenvalue weighted by Gasteiger charge is -2.05. The number of anilines is 1. The molecule has 118 valence electrons. The van der Waals surface area contributed by atoms with Crippen molar-refractivity contribution in [2.45, 2.75) is 18.7 Å². The Morgan fingerprint density at radius 1 is 1.00 bits per heavy atom. The largest absolute Gasteiger partial charge is 0.276 e. The summed E-state index contributed by atoms with van der Waals surface area (Å²) in [5.41, 5.74) is 3.85. The van der Waals surface area contributed by atoms with Gasteiger partial charge in [0.1, 0.15) is 0 Å². The standard InChI is InChI=1S/C17H17N3O2S/c1-12-7-9-14(10-8-12)23(21,22)20-17-11-16(18-19-17)15-6-4-3-5-13(15)2/h3-11H,1-2H3,(H2,18,19,20). The van der Waals surface area contributed by atoms with Gasteiger partial charge in [-0.05, 0) is 31.5 Å².